The van der Waals surface area contributed by atoms with Crippen LogP contribution in [0.1, 0.15) is 31.8 Å². The smallest absolute Gasteiger partial charge is 0.343 e. The predicted molar refractivity (Wildman–Crippen MR) is 109 cm³/mol. The molecule has 0 N–H and O–H groups in total. The molecule has 3 aromatic carbocycles. The Labute approximate surface area is 164 Å². The summed E-state index contributed by atoms with van der Waals surface area (Å²) in [6, 6.07) is 21.1. The molecule has 0 spiro atoms. The molecule has 3 aromatic rings. The van der Waals surface area contributed by atoms with Gasteiger partial charge in [-0.1, -0.05) is 35.9 Å². The molecule has 0 heterocycles. The van der Waals surface area contributed by atoms with Crippen LogP contribution in [0.15, 0.2) is 78.9 Å². The first-order valence-corrected chi connectivity index (χ1v) is 8.80. The third-order valence-corrected chi connectivity index (χ3v) is 4.18. The van der Waals surface area contributed by atoms with E-state index in [-0.39, 0.29) is 5.78 Å². The van der Waals surface area contributed by atoms with E-state index in [1.807, 2.05) is 31.2 Å². The molecule has 0 unspecified atom stereocenters. The number of carbonyl (C=O) groups excluding carboxylic acids is 2. The zero-order valence-corrected chi connectivity index (χ0v) is 15.7. The first kappa shape index (κ1) is 19.1. The van der Waals surface area contributed by atoms with Gasteiger partial charge in [-0.05, 0) is 67.1 Å². The van der Waals surface area contributed by atoms with Crippen LogP contribution in [0.5, 0.6) is 11.5 Å². The van der Waals surface area contributed by atoms with Crippen molar-refractivity contribution in [2.75, 3.05) is 7.11 Å². The quantitative estimate of drug-likeness (QED) is 0.261. The maximum absolute atomic E-state index is 12.3. The Balaban J connectivity index is 1.62. The van der Waals surface area contributed by atoms with Crippen molar-refractivity contribution in [1.29, 1.82) is 0 Å². The number of esters is 1. The Morgan fingerprint density at radius 1 is 0.750 bits per heavy atom. The monoisotopic (exact) mass is 372 g/mol. The Bertz CT molecular complexity index is 982. The number of allylic oxidation sites excluding steroid dienone is 1. The molecule has 28 heavy (non-hydrogen) atoms. The second kappa shape index (κ2) is 8.82. The van der Waals surface area contributed by atoms with Crippen LogP contribution < -0.4 is 9.47 Å². The molecule has 4 nitrogen and oxygen atoms in total. The summed E-state index contributed by atoms with van der Waals surface area (Å²) in [5.74, 6) is 0.451. The average Bonchev–Trinajstić information content (AvgIpc) is 2.73. The third kappa shape index (κ3) is 4.95. The molecular weight excluding hydrogens is 352 g/mol. The molecule has 0 radical (unpaired) electrons. The van der Waals surface area contributed by atoms with Gasteiger partial charge in [0.1, 0.15) is 11.5 Å². The lowest BCUT2D eigenvalue weighted by Crippen LogP contribution is -2.08. The number of hydrogen-bond acceptors (Lipinski definition) is 4. The number of methoxy groups -OCH3 is 1. The van der Waals surface area contributed by atoms with Gasteiger partial charge < -0.3 is 9.47 Å². The van der Waals surface area contributed by atoms with Crippen LogP contribution >= 0.6 is 0 Å². The summed E-state index contributed by atoms with van der Waals surface area (Å²) in [5, 5.41) is 0. The zero-order chi connectivity index (χ0) is 19.9. The molecular formula is C24H20O4. The standard InChI is InChI=1S/C24H20O4/c1-17-3-5-18(6-4-17)7-16-23(25)19-8-14-22(15-9-19)28-24(26)20-10-12-21(27-2)13-11-20/h3-16H,1-2H3. The number of carbonyl (C=O) groups is 2. The minimum Gasteiger partial charge on any atom is -0.497 e. The van der Waals surface area contributed by atoms with Crippen molar-refractivity contribution in [1.82, 2.24) is 0 Å². The second-order valence-corrected chi connectivity index (χ2v) is 6.25. The van der Waals surface area contributed by atoms with Crippen LogP contribution in [0.2, 0.25) is 0 Å². The largest absolute Gasteiger partial charge is 0.497 e. The van der Waals surface area contributed by atoms with E-state index in [2.05, 4.69) is 0 Å². The van der Waals surface area contributed by atoms with E-state index in [0.717, 1.165) is 5.56 Å². The molecule has 0 aromatic heterocycles. The zero-order valence-electron chi connectivity index (χ0n) is 15.7. The fourth-order valence-corrected chi connectivity index (χ4v) is 2.53. The molecule has 3 rings (SSSR count). The van der Waals surface area contributed by atoms with Crippen molar-refractivity contribution in [2.45, 2.75) is 6.92 Å². The molecule has 0 saturated carbocycles. The van der Waals surface area contributed by atoms with Gasteiger partial charge in [0.25, 0.3) is 0 Å². The summed E-state index contributed by atoms with van der Waals surface area (Å²) in [7, 11) is 1.56. The van der Waals surface area contributed by atoms with E-state index in [1.165, 1.54) is 11.6 Å². The number of aryl methyl sites for hydroxylation is 1. The average molecular weight is 372 g/mol. The van der Waals surface area contributed by atoms with Gasteiger partial charge in [-0.25, -0.2) is 4.79 Å². The first-order valence-electron chi connectivity index (χ1n) is 8.80. The number of ether oxygens (including phenoxy) is 2. The second-order valence-electron chi connectivity index (χ2n) is 6.25. The van der Waals surface area contributed by atoms with Crippen molar-refractivity contribution < 1.29 is 19.1 Å². The van der Waals surface area contributed by atoms with Crippen LogP contribution in [0, 0.1) is 6.92 Å². The highest BCUT2D eigenvalue weighted by molar-refractivity contribution is 6.06. The highest BCUT2D eigenvalue weighted by atomic mass is 16.5. The Hall–Kier alpha value is -3.66. The van der Waals surface area contributed by atoms with Crippen LogP contribution in [-0.4, -0.2) is 18.9 Å². The highest BCUT2D eigenvalue weighted by Gasteiger charge is 2.09. The Morgan fingerprint density at radius 3 is 1.93 bits per heavy atom. The Morgan fingerprint density at radius 2 is 1.32 bits per heavy atom. The van der Waals surface area contributed by atoms with Gasteiger partial charge in [0.15, 0.2) is 5.78 Å². The van der Waals surface area contributed by atoms with Crippen LogP contribution in [0.4, 0.5) is 0 Å². The minimum atomic E-state index is -0.471. The van der Waals surface area contributed by atoms with Gasteiger partial charge >= 0.3 is 5.97 Å². The fraction of sp³-hybridized carbons (Fsp3) is 0.0833. The number of ketones is 1. The van der Waals surface area contributed by atoms with Gasteiger partial charge in [-0.2, -0.15) is 0 Å². The SMILES string of the molecule is COc1ccc(C(=O)Oc2ccc(C(=O)C=Cc3ccc(C)cc3)cc2)cc1. The van der Waals surface area contributed by atoms with Gasteiger partial charge in [-0.15, -0.1) is 0 Å². The highest BCUT2D eigenvalue weighted by Crippen LogP contribution is 2.17. The molecule has 4 heteroatoms. The fourth-order valence-electron chi connectivity index (χ4n) is 2.53. The van der Waals surface area contributed by atoms with Crippen molar-refractivity contribution >= 4 is 17.8 Å². The lowest BCUT2D eigenvalue weighted by atomic mass is 10.1. The molecule has 0 amide bonds. The topological polar surface area (TPSA) is 52.6 Å². The van der Waals surface area contributed by atoms with Crippen LogP contribution in [0.25, 0.3) is 6.08 Å². The van der Waals surface area contributed by atoms with Gasteiger partial charge in [0, 0.05) is 5.56 Å². The molecule has 0 aliphatic heterocycles. The van der Waals surface area contributed by atoms with E-state index in [1.54, 1.807) is 61.7 Å². The molecule has 0 aliphatic carbocycles. The summed E-state index contributed by atoms with van der Waals surface area (Å²) >= 11 is 0. The van der Waals surface area contributed by atoms with E-state index in [4.69, 9.17) is 9.47 Å². The lowest BCUT2D eigenvalue weighted by Gasteiger charge is -2.06. The summed E-state index contributed by atoms with van der Waals surface area (Å²) in [4.78, 5) is 24.5. The molecule has 0 fully saturated rings. The van der Waals surface area contributed by atoms with Crippen LogP contribution in [-0.2, 0) is 0 Å². The summed E-state index contributed by atoms with van der Waals surface area (Å²) in [6.07, 6.45) is 3.31. The number of benzene rings is 3. The maximum Gasteiger partial charge on any atom is 0.343 e. The molecule has 0 saturated heterocycles. The number of rotatable bonds is 6. The summed E-state index contributed by atoms with van der Waals surface area (Å²) in [6.45, 7) is 2.02. The third-order valence-electron chi connectivity index (χ3n) is 4.18. The van der Waals surface area contributed by atoms with Crippen molar-refractivity contribution in [3.63, 3.8) is 0 Å². The minimum absolute atomic E-state index is 0.117. The molecule has 0 bridgehead atoms. The van der Waals surface area contributed by atoms with E-state index in [0.29, 0.717) is 22.6 Å². The maximum atomic E-state index is 12.3. The summed E-state index contributed by atoms with van der Waals surface area (Å²) in [5.41, 5.74) is 3.07. The molecule has 0 atom stereocenters. The van der Waals surface area contributed by atoms with Gasteiger partial charge in [-0.3, -0.25) is 4.79 Å². The van der Waals surface area contributed by atoms with Gasteiger partial charge in [0.2, 0.25) is 0 Å². The molecule has 0 aliphatic rings. The lowest BCUT2D eigenvalue weighted by molar-refractivity contribution is 0.0734. The van der Waals surface area contributed by atoms with Crippen molar-refractivity contribution in [3.05, 3.63) is 101 Å². The van der Waals surface area contributed by atoms with Crippen LogP contribution in [0.3, 0.4) is 0 Å². The first-order chi connectivity index (χ1) is 13.5. The Kier molecular flexibility index (Phi) is 6.02. The predicted octanol–water partition coefficient (Wildman–Crippen LogP) is 5.12. The van der Waals surface area contributed by atoms with E-state index >= 15 is 0 Å². The van der Waals surface area contributed by atoms with Crippen molar-refractivity contribution in [2.24, 2.45) is 0 Å². The molecule has 140 valence electrons. The van der Waals surface area contributed by atoms with Gasteiger partial charge in [0.05, 0.1) is 12.7 Å². The van der Waals surface area contributed by atoms with Crippen molar-refractivity contribution in [3.8, 4) is 11.5 Å². The van der Waals surface area contributed by atoms with E-state index in [9.17, 15) is 9.59 Å². The summed E-state index contributed by atoms with van der Waals surface area (Å²) < 4.78 is 10.4. The van der Waals surface area contributed by atoms with E-state index < -0.39 is 5.97 Å². The normalized spacial score (nSPS) is 10.6. The number of hydrogen-bond donors (Lipinski definition) is 0.